The molecule has 124 valence electrons. The Morgan fingerprint density at radius 3 is 2.65 bits per heavy atom. The van der Waals surface area contributed by atoms with Gasteiger partial charge in [0.15, 0.2) is 5.96 Å². The highest BCUT2D eigenvalue weighted by Crippen LogP contribution is 2.10. The number of aromatic nitrogens is 2. The van der Waals surface area contributed by atoms with Gasteiger partial charge in [-0.1, -0.05) is 31.2 Å². The molecular formula is C18H27N5. The molecule has 0 radical (unpaired) electrons. The van der Waals surface area contributed by atoms with E-state index in [4.69, 9.17) is 4.99 Å². The molecule has 2 N–H and O–H groups in total. The van der Waals surface area contributed by atoms with Crippen LogP contribution in [0.1, 0.15) is 31.4 Å². The molecule has 0 aliphatic carbocycles. The Bertz CT molecular complexity index is 589. The topological polar surface area (TPSA) is 54.2 Å². The van der Waals surface area contributed by atoms with Crippen molar-refractivity contribution in [3.63, 3.8) is 0 Å². The normalized spacial score (nSPS) is 11.5. The molecule has 0 amide bonds. The smallest absolute Gasteiger partial charge is 0.191 e. The molecule has 0 bridgehead atoms. The summed E-state index contributed by atoms with van der Waals surface area (Å²) in [4.78, 5) is 4.70. The van der Waals surface area contributed by atoms with E-state index < -0.39 is 0 Å². The van der Waals surface area contributed by atoms with E-state index in [-0.39, 0.29) is 0 Å². The summed E-state index contributed by atoms with van der Waals surface area (Å²) in [6.07, 6.45) is 5.85. The third-order valence-corrected chi connectivity index (χ3v) is 3.67. The van der Waals surface area contributed by atoms with E-state index in [1.54, 1.807) is 0 Å². The third-order valence-electron chi connectivity index (χ3n) is 3.67. The largest absolute Gasteiger partial charge is 0.357 e. The van der Waals surface area contributed by atoms with Crippen molar-refractivity contribution in [2.75, 3.05) is 13.1 Å². The number of guanidine groups is 1. The van der Waals surface area contributed by atoms with Gasteiger partial charge in [0.1, 0.15) is 0 Å². The minimum Gasteiger partial charge on any atom is -0.357 e. The first-order valence-corrected chi connectivity index (χ1v) is 8.39. The second-order valence-corrected chi connectivity index (χ2v) is 5.37. The average Bonchev–Trinajstić information content (AvgIpc) is 3.10. The molecule has 0 spiro atoms. The summed E-state index contributed by atoms with van der Waals surface area (Å²) in [5.74, 6) is 0.874. The second-order valence-electron chi connectivity index (χ2n) is 5.37. The Morgan fingerprint density at radius 2 is 1.96 bits per heavy atom. The maximum Gasteiger partial charge on any atom is 0.191 e. The van der Waals surface area contributed by atoms with Gasteiger partial charge in [0.25, 0.3) is 0 Å². The minimum absolute atomic E-state index is 0.707. The number of benzene rings is 1. The summed E-state index contributed by atoms with van der Waals surface area (Å²) in [5.41, 5.74) is 2.66. The number of nitrogens with zero attached hydrogens (tertiary/aromatic N) is 3. The summed E-state index contributed by atoms with van der Waals surface area (Å²) >= 11 is 0. The lowest BCUT2D eigenvalue weighted by atomic mass is 10.1. The van der Waals surface area contributed by atoms with Gasteiger partial charge in [-0.3, -0.25) is 4.68 Å². The van der Waals surface area contributed by atoms with E-state index in [1.807, 2.05) is 23.1 Å². The summed E-state index contributed by atoms with van der Waals surface area (Å²) in [7, 11) is 0. The van der Waals surface area contributed by atoms with Crippen molar-refractivity contribution in [3.05, 3.63) is 53.9 Å². The fourth-order valence-corrected chi connectivity index (χ4v) is 2.44. The first-order valence-electron chi connectivity index (χ1n) is 8.39. The molecule has 0 aliphatic rings. The Balaban J connectivity index is 1.84. The third kappa shape index (κ3) is 5.77. The van der Waals surface area contributed by atoms with Crippen LogP contribution in [-0.2, 0) is 19.5 Å². The van der Waals surface area contributed by atoms with Crippen LogP contribution in [0.25, 0.3) is 0 Å². The fourth-order valence-electron chi connectivity index (χ4n) is 2.44. The highest BCUT2D eigenvalue weighted by molar-refractivity contribution is 5.79. The average molecular weight is 313 g/mol. The van der Waals surface area contributed by atoms with Gasteiger partial charge in [0.2, 0.25) is 0 Å². The number of aryl methyl sites for hydroxylation is 2. The van der Waals surface area contributed by atoms with Gasteiger partial charge in [-0.2, -0.15) is 5.10 Å². The van der Waals surface area contributed by atoms with Crippen LogP contribution in [0.5, 0.6) is 0 Å². The van der Waals surface area contributed by atoms with Crippen LogP contribution < -0.4 is 10.6 Å². The zero-order valence-electron chi connectivity index (χ0n) is 14.1. The maximum atomic E-state index is 4.70. The monoisotopic (exact) mass is 313 g/mol. The molecule has 0 fully saturated rings. The van der Waals surface area contributed by atoms with Crippen molar-refractivity contribution in [1.82, 2.24) is 20.4 Å². The van der Waals surface area contributed by atoms with Crippen LogP contribution in [0.15, 0.2) is 47.7 Å². The van der Waals surface area contributed by atoms with Crippen molar-refractivity contribution in [1.29, 1.82) is 0 Å². The van der Waals surface area contributed by atoms with Crippen LogP contribution in [0.3, 0.4) is 0 Å². The molecule has 0 aliphatic heterocycles. The lowest BCUT2D eigenvalue weighted by Gasteiger charge is -2.12. The molecule has 0 atom stereocenters. The van der Waals surface area contributed by atoms with Crippen LogP contribution in [0.2, 0.25) is 0 Å². The van der Waals surface area contributed by atoms with Crippen molar-refractivity contribution in [2.45, 2.75) is 39.8 Å². The second kappa shape index (κ2) is 9.66. The van der Waals surface area contributed by atoms with Crippen LogP contribution in [-0.4, -0.2) is 28.8 Å². The molecule has 1 aromatic carbocycles. The summed E-state index contributed by atoms with van der Waals surface area (Å²) in [5, 5.41) is 10.9. The van der Waals surface area contributed by atoms with E-state index >= 15 is 0 Å². The molecule has 5 nitrogen and oxygen atoms in total. The van der Waals surface area contributed by atoms with Gasteiger partial charge < -0.3 is 10.6 Å². The van der Waals surface area contributed by atoms with Crippen molar-refractivity contribution < 1.29 is 0 Å². The molecule has 2 rings (SSSR count). The van der Waals surface area contributed by atoms with E-state index in [0.29, 0.717) is 6.54 Å². The van der Waals surface area contributed by atoms with Crippen molar-refractivity contribution in [2.24, 2.45) is 4.99 Å². The Hall–Kier alpha value is -2.30. The predicted molar refractivity (Wildman–Crippen MR) is 95.5 cm³/mol. The van der Waals surface area contributed by atoms with E-state index in [2.05, 4.69) is 53.8 Å². The van der Waals surface area contributed by atoms with Crippen molar-refractivity contribution >= 4 is 5.96 Å². The maximum absolute atomic E-state index is 4.70. The molecule has 2 aromatic rings. The molecule has 0 saturated heterocycles. The van der Waals surface area contributed by atoms with Gasteiger partial charge in [-0.15, -0.1) is 0 Å². The van der Waals surface area contributed by atoms with E-state index in [1.165, 1.54) is 11.1 Å². The summed E-state index contributed by atoms with van der Waals surface area (Å²) < 4.78 is 1.95. The minimum atomic E-state index is 0.707. The predicted octanol–water partition coefficient (Wildman–Crippen LogP) is 2.59. The molecule has 0 saturated carbocycles. The Labute approximate surface area is 138 Å². The Morgan fingerprint density at radius 1 is 1.13 bits per heavy atom. The highest BCUT2D eigenvalue weighted by atomic mass is 15.3. The molecule has 23 heavy (non-hydrogen) atoms. The molecule has 1 aromatic heterocycles. The first kappa shape index (κ1) is 17.1. The molecule has 5 heteroatoms. The number of aliphatic imine (C=N–C) groups is 1. The van der Waals surface area contributed by atoms with Gasteiger partial charge >= 0.3 is 0 Å². The van der Waals surface area contributed by atoms with Crippen molar-refractivity contribution in [3.8, 4) is 0 Å². The number of hydrogen-bond donors (Lipinski definition) is 2. The van der Waals surface area contributed by atoms with Gasteiger partial charge in [-0.25, -0.2) is 4.99 Å². The molecule has 0 unspecified atom stereocenters. The highest BCUT2D eigenvalue weighted by Gasteiger charge is 2.01. The fraction of sp³-hybridized carbons (Fsp3) is 0.444. The molecule has 1 heterocycles. The molecular weight excluding hydrogens is 286 g/mol. The zero-order valence-corrected chi connectivity index (χ0v) is 14.1. The zero-order chi connectivity index (χ0) is 16.3. The number of rotatable bonds is 8. The number of hydrogen-bond acceptors (Lipinski definition) is 2. The number of nitrogens with one attached hydrogen (secondary N) is 2. The van der Waals surface area contributed by atoms with E-state index in [9.17, 15) is 0 Å². The Kier molecular flexibility index (Phi) is 7.17. The van der Waals surface area contributed by atoms with Crippen LogP contribution in [0.4, 0.5) is 0 Å². The van der Waals surface area contributed by atoms with Gasteiger partial charge in [0.05, 0.1) is 6.54 Å². The van der Waals surface area contributed by atoms with Gasteiger partial charge in [-0.05, 0) is 37.0 Å². The van der Waals surface area contributed by atoms with Crippen LogP contribution >= 0.6 is 0 Å². The summed E-state index contributed by atoms with van der Waals surface area (Å²) in [6, 6.07) is 10.4. The quantitative estimate of drug-likeness (QED) is 0.447. The lowest BCUT2D eigenvalue weighted by molar-refractivity contribution is 0.570. The lowest BCUT2D eigenvalue weighted by Crippen LogP contribution is -2.38. The standard InChI is InChI=1S/C18H27N5/c1-3-16-9-5-6-10-17(16)15-21-18(19-4-2)20-11-7-13-23-14-8-12-22-23/h5-6,8-10,12,14H,3-4,7,11,13,15H2,1-2H3,(H2,19,20,21). The van der Waals surface area contributed by atoms with Crippen LogP contribution in [0, 0.1) is 0 Å². The van der Waals surface area contributed by atoms with Gasteiger partial charge in [0, 0.05) is 32.0 Å². The first-order chi connectivity index (χ1) is 11.3. The SMILES string of the molecule is CCNC(=NCc1ccccc1CC)NCCCn1cccn1. The van der Waals surface area contributed by atoms with E-state index in [0.717, 1.165) is 38.4 Å². The summed E-state index contributed by atoms with van der Waals surface area (Å²) in [6.45, 7) is 7.63.